The lowest BCUT2D eigenvalue weighted by molar-refractivity contribution is 0.584. The highest BCUT2D eigenvalue weighted by Gasteiger charge is 2.12. The van der Waals surface area contributed by atoms with E-state index in [1.54, 1.807) is 49.3 Å². The predicted octanol–water partition coefficient (Wildman–Crippen LogP) is 27.2. The monoisotopic (exact) mass is 1570 g/mol. The molecule has 14 heteroatoms. The van der Waals surface area contributed by atoms with Crippen LogP contribution in [0.3, 0.4) is 0 Å². The maximum Gasteiger partial charge on any atom is 0.135 e. The number of aromatic nitrogens is 10. The van der Waals surface area contributed by atoms with Gasteiger partial charge in [-0.3, -0.25) is 29.9 Å². The summed E-state index contributed by atoms with van der Waals surface area (Å²) < 4.78 is 51.9. The third kappa shape index (κ3) is 22.9. The molecule has 20 rings (SSSR count). The van der Waals surface area contributed by atoms with Crippen LogP contribution in [-0.4, -0.2) is 49.8 Å². The second-order valence-electron chi connectivity index (χ2n) is 27.6. The van der Waals surface area contributed by atoms with Gasteiger partial charge in [-0.1, -0.05) is 278 Å². The first-order chi connectivity index (χ1) is 58.8. The van der Waals surface area contributed by atoms with Gasteiger partial charge < -0.3 is 0 Å². The fraction of sp³-hybridized carbons (Fsp3) is 0.0377. The van der Waals surface area contributed by atoms with Crippen molar-refractivity contribution in [3.8, 4) is 90.1 Å². The zero-order chi connectivity index (χ0) is 83.0. The molecule has 120 heavy (non-hydrogen) atoms. The standard InChI is InChI=1S/C16H13N.C15H12N2.C15H11N.C14H10N2.C12H9F2N.C12H11N.C11H7F2N.C11H9N/c1-12-6-8-14(9-7-12)16-15-5-3-2-4-13(15)10-11-17-16;1-11-6-8-12(9-7-11)15-13-4-2-3-5-14(13)16-10-17-15;1-2-7-13(8-3-1)15-14-9-5-4-6-12(14)10-11-16-15;1-2-6-11(7-3-1)14-12-8-4-5-9-13(12)15-10-16-14;1-8-4-5-15-12(6-8)10-3-2-9(13)7-11(10)14;1-10-7-8-13-12(9-10)11-5-3-2-4-6-11;12-8-4-5-9(10(13)7-8)11-3-1-2-6-14-11;1-2-6-10(7-3-1)11-8-4-5-9-12-11/h2-11H,1H3;2-10H,1H3;1-11H;1-10H;2-7H,1H3;2-9H,1H3;1-7H;1-9H. The Hall–Kier alpha value is -15.5. The molecule has 0 aliphatic rings. The van der Waals surface area contributed by atoms with E-state index >= 15 is 0 Å². The number of benzene rings is 12. The van der Waals surface area contributed by atoms with Crippen LogP contribution in [0.5, 0.6) is 0 Å². The Bertz CT molecular complexity index is 6330. The van der Waals surface area contributed by atoms with Crippen molar-refractivity contribution in [2.75, 3.05) is 0 Å². The second-order valence-corrected chi connectivity index (χ2v) is 27.6. The summed E-state index contributed by atoms with van der Waals surface area (Å²) in [6.45, 7) is 8.16. The molecule has 0 unspecified atom stereocenters. The number of rotatable bonds is 8. The van der Waals surface area contributed by atoms with Crippen LogP contribution in [0, 0.1) is 51.0 Å². The van der Waals surface area contributed by atoms with E-state index in [0.717, 1.165) is 90.4 Å². The van der Waals surface area contributed by atoms with Crippen LogP contribution < -0.4 is 0 Å². The lowest BCUT2D eigenvalue weighted by atomic mass is 10.0. The van der Waals surface area contributed by atoms with Crippen molar-refractivity contribution in [2.45, 2.75) is 27.7 Å². The highest BCUT2D eigenvalue weighted by Crippen LogP contribution is 2.31. The number of pyridine rings is 6. The zero-order valence-electron chi connectivity index (χ0n) is 66.4. The normalized spacial score (nSPS) is 10.3. The Morgan fingerprint density at radius 1 is 0.192 bits per heavy atom. The quantitative estimate of drug-likeness (QED) is 0.136. The van der Waals surface area contributed by atoms with E-state index in [0.29, 0.717) is 22.5 Å². The van der Waals surface area contributed by atoms with Crippen molar-refractivity contribution in [2.24, 2.45) is 0 Å². The summed E-state index contributed by atoms with van der Waals surface area (Å²) >= 11 is 0. The molecule has 0 spiro atoms. The van der Waals surface area contributed by atoms with Gasteiger partial charge in [-0.15, -0.1) is 0 Å². The molecule has 0 bridgehead atoms. The highest BCUT2D eigenvalue weighted by atomic mass is 19.1. The number of halogens is 4. The molecule has 0 saturated carbocycles. The SMILES string of the molecule is Cc1ccc(-c2nccc3ccccc23)cc1.Cc1ccc(-c2ncnc3ccccc23)cc1.Cc1ccnc(-c2ccc(F)cc2F)c1.Cc1ccnc(-c2ccccc2)c1.Fc1ccc(-c2ccccn2)c(F)c1.c1ccc(-c2ccccn2)cc1.c1ccc(-c2nccc3ccccc23)cc1.c1ccc(-c2ncnc3ccccc23)cc1. The summed E-state index contributed by atoms with van der Waals surface area (Å²) in [5.74, 6) is -2.34. The van der Waals surface area contributed by atoms with Gasteiger partial charge >= 0.3 is 0 Å². The molecule has 0 amide bonds. The minimum absolute atomic E-state index is 0.312. The second kappa shape index (κ2) is 42.2. The topological polar surface area (TPSA) is 129 Å². The van der Waals surface area contributed by atoms with E-state index in [4.69, 9.17) is 0 Å². The van der Waals surface area contributed by atoms with E-state index < -0.39 is 23.3 Å². The van der Waals surface area contributed by atoms with E-state index in [2.05, 4.69) is 234 Å². The molecule has 0 aliphatic carbocycles. The lowest BCUT2D eigenvalue weighted by Gasteiger charge is -2.05. The fourth-order valence-corrected chi connectivity index (χ4v) is 12.8. The average molecular weight is 1570 g/mol. The number of hydrogen-bond acceptors (Lipinski definition) is 10. The van der Waals surface area contributed by atoms with Crippen LogP contribution >= 0.6 is 0 Å². The van der Waals surface area contributed by atoms with Crippen LogP contribution in [0.1, 0.15) is 22.3 Å². The lowest BCUT2D eigenvalue weighted by Crippen LogP contribution is -1.89. The number of aryl methyl sites for hydroxylation is 4. The largest absolute Gasteiger partial charge is 0.256 e. The molecule has 8 aromatic heterocycles. The van der Waals surface area contributed by atoms with Crippen molar-refractivity contribution in [1.82, 2.24) is 49.8 Å². The van der Waals surface area contributed by atoms with Gasteiger partial charge in [-0.05, 0) is 147 Å². The number of hydrogen-bond donors (Lipinski definition) is 0. The summed E-state index contributed by atoms with van der Waals surface area (Å²) in [4.78, 5) is 42.8. The van der Waals surface area contributed by atoms with Crippen molar-refractivity contribution >= 4 is 43.4 Å². The summed E-state index contributed by atoms with van der Waals surface area (Å²) in [7, 11) is 0. The highest BCUT2D eigenvalue weighted by molar-refractivity contribution is 5.96. The third-order valence-corrected chi connectivity index (χ3v) is 18.9. The first kappa shape index (κ1) is 82.4. The molecule has 0 N–H and O–H groups in total. The summed E-state index contributed by atoms with van der Waals surface area (Å²) in [6.07, 6.45) is 13.8. The van der Waals surface area contributed by atoms with E-state index in [1.165, 1.54) is 79.2 Å². The van der Waals surface area contributed by atoms with Gasteiger partial charge in [-0.25, -0.2) is 37.5 Å². The van der Waals surface area contributed by atoms with Crippen molar-refractivity contribution in [1.29, 1.82) is 0 Å². The van der Waals surface area contributed by atoms with E-state index in [1.807, 2.05) is 183 Å². The van der Waals surface area contributed by atoms with Gasteiger partial charge in [0.2, 0.25) is 0 Å². The molecule has 0 aliphatic heterocycles. The predicted molar refractivity (Wildman–Crippen MR) is 482 cm³/mol. The van der Waals surface area contributed by atoms with Crippen molar-refractivity contribution in [3.63, 3.8) is 0 Å². The van der Waals surface area contributed by atoms with Crippen LogP contribution in [-0.2, 0) is 0 Å². The molecule has 0 radical (unpaired) electrons. The van der Waals surface area contributed by atoms with E-state index in [-0.39, 0.29) is 0 Å². The molecule has 8 heterocycles. The number of fused-ring (bicyclic) bond motifs is 4. The minimum Gasteiger partial charge on any atom is -0.256 e. The molecule has 0 fully saturated rings. The molecular formula is C106H82F4N10. The van der Waals surface area contributed by atoms with Crippen LogP contribution in [0.25, 0.3) is 133 Å². The molecule has 12 aromatic carbocycles. The summed E-state index contributed by atoms with van der Waals surface area (Å²) in [5, 5.41) is 7.07. The Morgan fingerprint density at radius 2 is 0.517 bits per heavy atom. The van der Waals surface area contributed by atoms with Gasteiger partial charge in [0.05, 0.1) is 56.6 Å². The molecule has 0 saturated heterocycles. The maximum absolute atomic E-state index is 13.4. The molecule has 584 valence electrons. The summed E-state index contributed by atoms with van der Waals surface area (Å²) in [6, 6.07) is 120. The molecule has 10 nitrogen and oxygen atoms in total. The van der Waals surface area contributed by atoms with E-state index in [9.17, 15) is 17.6 Å². The zero-order valence-corrected chi connectivity index (χ0v) is 66.4. The molecular weight excluding hydrogens is 1490 g/mol. The van der Waals surface area contributed by atoms with Gasteiger partial charge in [0.15, 0.2) is 0 Å². The van der Waals surface area contributed by atoms with Crippen molar-refractivity contribution < 1.29 is 17.6 Å². The van der Waals surface area contributed by atoms with Crippen LogP contribution in [0.15, 0.2) is 426 Å². The average Bonchev–Trinajstić information content (AvgIpc) is 0.824. The Kier molecular flexibility index (Phi) is 29.0. The Balaban J connectivity index is 0.000000119. The first-order valence-corrected chi connectivity index (χ1v) is 38.9. The number of nitrogens with zero attached hydrogens (tertiary/aromatic N) is 10. The summed E-state index contributed by atoms with van der Waals surface area (Å²) in [5.41, 5.74) is 21.5. The van der Waals surface area contributed by atoms with Crippen LogP contribution in [0.4, 0.5) is 17.6 Å². The molecule has 0 atom stereocenters. The van der Waals surface area contributed by atoms with Gasteiger partial charge in [0.25, 0.3) is 0 Å². The number of para-hydroxylation sites is 2. The maximum atomic E-state index is 13.4. The third-order valence-electron chi connectivity index (χ3n) is 18.9. The van der Waals surface area contributed by atoms with Gasteiger partial charge in [0, 0.05) is 115 Å². The van der Waals surface area contributed by atoms with Gasteiger partial charge in [-0.2, -0.15) is 0 Å². The smallest absolute Gasteiger partial charge is 0.135 e. The van der Waals surface area contributed by atoms with Crippen LogP contribution in [0.2, 0.25) is 0 Å². The van der Waals surface area contributed by atoms with Crippen molar-refractivity contribution in [3.05, 3.63) is 471 Å². The Morgan fingerprint density at radius 3 is 0.933 bits per heavy atom. The fourth-order valence-electron chi connectivity index (χ4n) is 12.8. The molecule has 20 aromatic rings. The van der Waals surface area contributed by atoms with Gasteiger partial charge in [0.1, 0.15) is 35.9 Å². The minimum atomic E-state index is -0.594. The first-order valence-electron chi connectivity index (χ1n) is 38.9. The Labute approximate surface area is 695 Å².